The van der Waals surface area contributed by atoms with Gasteiger partial charge in [-0.2, -0.15) is 11.8 Å². The molecule has 0 saturated carbocycles. The summed E-state index contributed by atoms with van der Waals surface area (Å²) in [7, 11) is 1.63. The van der Waals surface area contributed by atoms with E-state index in [1.165, 1.54) is 18.2 Å². The molecule has 1 aromatic carbocycles. The van der Waals surface area contributed by atoms with E-state index >= 15 is 0 Å². The van der Waals surface area contributed by atoms with Crippen LogP contribution in [0, 0.1) is 5.82 Å². The number of hydrogen-bond donors (Lipinski definition) is 1. The highest BCUT2D eigenvalue weighted by molar-refractivity contribution is 7.99. The molecule has 1 aliphatic heterocycles. The van der Waals surface area contributed by atoms with Crippen molar-refractivity contribution < 1.29 is 13.9 Å². The van der Waals surface area contributed by atoms with Crippen LogP contribution in [0.25, 0.3) is 0 Å². The van der Waals surface area contributed by atoms with Crippen LogP contribution in [0.15, 0.2) is 18.2 Å². The van der Waals surface area contributed by atoms with Crippen LogP contribution in [0.2, 0.25) is 5.02 Å². The Morgan fingerprint density at radius 3 is 3.00 bits per heavy atom. The number of carbonyl (C=O) groups is 1. The maximum Gasteiger partial charge on any atom is 0.255 e. The Hall–Kier alpha value is -0.780. The van der Waals surface area contributed by atoms with Gasteiger partial charge in [0.25, 0.3) is 5.91 Å². The summed E-state index contributed by atoms with van der Waals surface area (Å²) in [6.07, 6.45) is 0.874. The average molecular weight is 304 g/mol. The van der Waals surface area contributed by atoms with Crippen molar-refractivity contribution in [2.24, 2.45) is 0 Å². The fourth-order valence-electron chi connectivity index (χ4n) is 2.01. The maximum absolute atomic E-state index is 13.6. The van der Waals surface area contributed by atoms with E-state index in [1.54, 1.807) is 18.9 Å². The number of nitrogens with one attached hydrogen (secondary N) is 1. The third-order valence-corrected chi connectivity index (χ3v) is 4.80. The van der Waals surface area contributed by atoms with Gasteiger partial charge < -0.3 is 10.1 Å². The van der Waals surface area contributed by atoms with E-state index < -0.39 is 11.7 Å². The summed E-state index contributed by atoms with van der Waals surface area (Å²) >= 11 is 7.64. The molecule has 1 aliphatic rings. The fraction of sp³-hybridized carbons (Fsp3) is 0.462. The Balaban J connectivity index is 2.05. The molecular formula is C13H15ClFNO2S. The zero-order chi connectivity index (χ0) is 13.9. The molecular weight excluding hydrogens is 289 g/mol. The van der Waals surface area contributed by atoms with E-state index in [9.17, 15) is 9.18 Å². The van der Waals surface area contributed by atoms with Crippen molar-refractivity contribution in [3.8, 4) is 0 Å². The van der Waals surface area contributed by atoms with Crippen LogP contribution in [0.1, 0.15) is 16.8 Å². The van der Waals surface area contributed by atoms with Crippen molar-refractivity contribution in [2.45, 2.75) is 12.0 Å². The van der Waals surface area contributed by atoms with Crippen molar-refractivity contribution in [2.75, 3.05) is 25.2 Å². The summed E-state index contributed by atoms with van der Waals surface area (Å²) in [6, 6.07) is 4.19. The summed E-state index contributed by atoms with van der Waals surface area (Å²) in [5, 5.41) is 2.83. The Morgan fingerprint density at radius 1 is 1.63 bits per heavy atom. The second kappa shape index (κ2) is 6.11. The quantitative estimate of drug-likeness (QED) is 0.929. The molecule has 104 valence electrons. The summed E-state index contributed by atoms with van der Waals surface area (Å²) in [5.41, 5.74) is -0.459. The molecule has 0 aromatic heterocycles. The van der Waals surface area contributed by atoms with Crippen molar-refractivity contribution in [1.29, 1.82) is 0 Å². The van der Waals surface area contributed by atoms with E-state index in [1.807, 2.05) is 0 Å². The molecule has 3 nitrogen and oxygen atoms in total. The van der Waals surface area contributed by atoms with Gasteiger partial charge in [0.1, 0.15) is 5.82 Å². The van der Waals surface area contributed by atoms with Crippen molar-refractivity contribution in [3.05, 3.63) is 34.6 Å². The first-order valence-electron chi connectivity index (χ1n) is 5.93. The van der Waals surface area contributed by atoms with Crippen LogP contribution in [-0.4, -0.2) is 36.7 Å². The number of halogens is 2. The Kier molecular flexibility index (Phi) is 4.71. The highest BCUT2D eigenvalue weighted by atomic mass is 35.5. The van der Waals surface area contributed by atoms with E-state index in [-0.39, 0.29) is 16.2 Å². The van der Waals surface area contributed by atoms with E-state index in [4.69, 9.17) is 16.3 Å². The second-order valence-corrected chi connectivity index (χ2v) is 5.98. The van der Waals surface area contributed by atoms with Gasteiger partial charge in [0, 0.05) is 19.4 Å². The summed E-state index contributed by atoms with van der Waals surface area (Å²) in [5.74, 6) is 0.715. The highest BCUT2D eigenvalue weighted by Gasteiger charge is 2.35. The summed E-state index contributed by atoms with van der Waals surface area (Å²) in [6.45, 7) is 0.361. The van der Waals surface area contributed by atoms with Gasteiger partial charge in [-0.3, -0.25) is 4.79 Å². The van der Waals surface area contributed by atoms with Gasteiger partial charge in [-0.1, -0.05) is 17.7 Å². The minimum Gasteiger partial charge on any atom is -0.376 e. The van der Waals surface area contributed by atoms with E-state index in [2.05, 4.69) is 5.32 Å². The standard InChI is InChI=1S/C13H15ClFNO2S/c1-18-13(5-6-19-8-13)7-16-12(17)11-9(14)3-2-4-10(11)15/h2-4H,5-8H2,1H3,(H,16,17)/t13-/m0/s1. The molecule has 1 aromatic rings. The molecule has 1 fully saturated rings. The fourth-order valence-corrected chi connectivity index (χ4v) is 3.65. The van der Waals surface area contributed by atoms with Gasteiger partial charge in [0.05, 0.1) is 16.2 Å². The lowest BCUT2D eigenvalue weighted by Gasteiger charge is -2.26. The number of hydrogen-bond acceptors (Lipinski definition) is 3. The molecule has 1 N–H and O–H groups in total. The number of methoxy groups -OCH3 is 1. The minimum absolute atomic E-state index is 0.110. The molecule has 0 aliphatic carbocycles. The van der Waals surface area contributed by atoms with Crippen molar-refractivity contribution in [3.63, 3.8) is 0 Å². The largest absolute Gasteiger partial charge is 0.376 e. The zero-order valence-electron chi connectivity index (χ0n) is 10.5. The number of benzene rings is 1. The minimum atomic E-state index is -0.614. The monoisotopic (exact) mass is 303 g/mol. The molecule has 1 heterocycles. The van der Waals surface area contributed by atoms with Gasteiger partial charge in [0.15, 0.2) is 0 Å². The lowest BCUT2D eigenvalue weighted by Crippen LogP contribution is -2.44. The topological polar surface area (TPSA) is 38.3 Å². The van der Waals surface area contributed by atoms with Crippen LogP contribution < -0.4 is 5.32 Å². The van der Waals surface area contributed by atoms with Crippen LogP contribution in [-0.2, 0) is 4.74 Å². The van der Waals surface area contributed by atoms with Gasteiger partial charge in [0.2, 0.25) is 0 Å². The highest BCUT2D eigenvalue weighted by Crippen LogP contribution is 2.30. The average Bonchev–Trinajstić information content (AvgIpc) is 2.86. The van der Waals surface area contributed by atoms with E-state index in [0.29, 0.717) is 6.54 Å². The number of rotatable bonds is 4. The van der Waals surface area contributed by atoms with Gasteiger partial charge >= 0.3 is 0 Å². The molecule has 19 heavy (non-hydrogen) atoms. The molecule has 1 amide bonds. The normalized spacial score (nSPS) is 22.5. The smallest absolute Gasteiger partial charge is 0.255 e. The third-order valence-electron chi connectivity index (χ3n) is 3.26. The number of carbonyl (C=O) groups excluding carboxylic acids is 1. The van der Waals surface area contributed by atoms with Crippen LogP contribution in [0.4, 0.5) is 4.39 Å². The third kappa shape index (κ3) is 3.22. The van der Waals surface area contributed by atoms with Crippen LogP contribution >= 0.6 is 23.4 Å². The van der Waals surface area contributed by atoms with Crippen molar-refractivity contribution in [1.82, 2.24) is 5.32 Å². The first-order chi connectivity index (χ1) is 9.08. The maximum atomic E-state index is 13.6. The van der Waals surface area contributed by atoms with Gasteiger partial charge in [-0.15, -0.1) is 0 Å². The molecule has 0 radical (unpaired) electrons. The molecule has 0 unspecified atom stereocenters. The Bertz CT molecular complexity index is 457. The lowest BCUT2D eigenvalue weighted by molar-refractivity contribution is 0.0136. The SMILES string of the molecule is CO[C@]1(CNC(=O)c2c(F)cccc2Cl)CCSC1. The van der Waals surface area contributed by atoms with Gasteiger partial charge in [-0.25, -0.2) is 4.39 Å². The molecule has 0 spiro atoms. The van der Waals surface area contributed by atoms with Crippen LogP contribution in [0.5, 0.6) is 0 Å². The Morgan fingerprint density at radius 2 is 2.42 bits per heavy atom. The molecule has 1 atom stereocenters. The predicted molar refractivity (Wildman–Crippen MR) is 75.4 cm³/mol. The summed E-state index contributed by atoms with van der Waals surface area (Å²) < 4.78 is 19.1. The second-order valence-electron chi connectivity index (χ2n) is 4.47. The van der Waals surface area contributed by atoms with Gasteiger partial charge in [-0.05, 0) is 24.3 Å². The number of thioether (sulfide) groups is 1. The van der Waals surface area contributed by atoms with Crippen LogP contribution in [0.3, 0.4) is 0 Å². The van der Waals surface area contributed by atoms with Crippen molar-refractivity contribution >= 4 is 29.3 Å². The number of amides is 1. The Labute approximate surface area is 120 Å². The molecule has 6 heteroatoms. The number of ether oxygens (including phenoxy) is 1. The molecule has 2 rings (SSSR count). The zero-order valence-corrected chi connectivity index (χ0v) is 12.1. The first-order valence-corrected chi connectivity index (χ1v) is 7.46. The summed E-state index contributed by atoms with van der Waals surface area (Å²) in [4.78, 5) is 12.0. The molecule has 1 saturated heterocycles. The van der Waals surface area contributed by atoms with E-state index in [0.717, 1.165) is 17.9 Å². The molecule has 0 bridgehead atoms. The lowest BCUT2D eigenvalue weighted by atomic mass is 10.0. The first kappa shape index (κ1) is 14.6. The predicted octanol–water partition coefficient (Wildman–Crippen LogP) is 2.73.